The molecule has 0 saturated carbocycles. The quantitative estimate of drug-likeness (QED) is 0.515. The number of rotatable bonds is 3. The molecule has 0 saturated heterocycles. The molecular weight excluding hydrogens is 330 g/mol. The van der Waals surface area contributed by atoms with Gasteiger partial charge in [0, 0.05) is 30.3 Å². The first-order valence-corrected chi connectivity index (χ1v) is 9.12. The second-order valence-electron chi connectivity index (χ2n) is 5.89. The molecule has 0 aliphatic rings. The number of hydrogen-bond acceptors (Lipinski definition) is 3. The van der Waals surface area contributed by atoms with E-state index >= 15 is 0 Å². The van der Waals surface area contributed by atoms with E-state index in [9.17, 15) is 0 Å². The van der Waals surface area contributed by atoms with Crippen LogP contribution in [0, 0.1) is 0 Å². The van der Waals surface area contributed by atoms with Gasteiger partial charge in [0.2, 0.25) is 0 Å². The van der Waals surface area contributed by atoms with Gasteiger partial charge in [-0.1, -0.05) is 12.1 Å². The summed E-state index contributed by atoms with van der Waals surface area (Å²) < 4.78 is 10.9. The molecule has 4 rings (SSSR count). The van der Waals surface area contributed by atoms with E-state index < -0.39 is 0 Å². The summed E-state index contributed by atoms with van der Waals surface area (Å²) in [6, 6.07) is 16.6. The van der Waals surface area contributed by atoms with Gasteiger partial charge in [0.25, 0.3) is 0 Å². The summed E-state index contributed by atoms with van der Waals surface area (Å²) in [7, 11) is 3.75. The first-order valence-electron chi connectivity index (χ1n) is 8.30. The number of pyridine rings is 1. The van der Waals surface area contributed by atoms with E-state index in [1.54, 1.807) is 18.4 Å². The van der Waals surface area contributed by atoms with Gasteiger partial charge in [-0.2, -0.15) is 0 Å². The zero-order chi connectivity index (χ0) is 17.4. The molecule has 126 valence electrons. The van der Waals surface area contributed by atoms with Crippen LogP contribution in [0.5, 0.6) is 5.75 Å². The van der Waals surface area contributed by atoms with Crippen LogP contribution in [-0.4, -0.2) is 11.7 Å². The van der Waals surface area contributed by atoms with Crippen molar-refractivity contribution in [3.8, 4) is 5.75 Å². The average molecular weight is 350 g/mol. The third-order valence-corrected chi connectivity index (χ3v) is 5.57. The molecule has 2 aromatic heterocycles. The molecule has 0 aliphatic carbocycles. The van der Waals surface area contributed by atoms with Gasteiger partial charge in [-0.05, 0) is 47.5 Å². The topological polar surface area (TPSA) is 30.4 Å². The number of fused-ring (bicyclic) bond motifs is 2. The summed E-state index contributed by atoms with van der Waals surface area (Å²) >= 11 is 1.68. The second kappa shape index (κ2) is 6.33. The summed E-state index contributed by atoms with van der Waals surface area (Å²) in [4.78, 5) is 4.96. The van der Waals surface area contributed by atoms with E-state index in [1.165, 1.54) is 15.6 Å². The predicted octanol–water partition coefficient (Wildman–Crippen LogP) is 3.94. The number of thiazole rings is 1. The highest BCUT2D eigenvalue weighted by atomic mass is 32.1. The maximum atomic E-state index is 5.34. The Labute approximate surface area is 150 Å². The Morgan fingerprint density at radius 3 is 2.80 bits per heavy atom. The largest absolute Gasteiger partial charge is 0.497 e. The van der Waals surface area contributed by atoms with Crippen molar-refractivity contribution in [2.45, 2.75) is 13.5 Å². The Morgan fingerprint density at radius 1 is 1.16 bits per heavy atom. The fourth-order valence-electron chi connectivity index (χ4n) is 3.10. The highest BCUT2D eigenvalue weighted by Gasteiger charge is 2.16. The Hall–Kier alpha value is -2.66. The molecule has 0 fully saturated rings. The van der Waals surface area contributed by atoms with E-state index in [0.717, 1.165) is 28.3 Å². The molecule has 0 radical (unpaired) electrons. The molecule has 0 amide bonds. The zero-order valence-corrected chi connectivity index (χ0v) is 15.4. The lowest BCUT2D eigenvalue weighted by Crippen LogP contribution is -2.26. The highest BCUT2D eigenvalue weighted by molar-refractivity contribution is 7.21. The van der Waals surface area contributed by atoms with Crippen LogP contribution in [0.4, 0.5) is 5.13 Å². The molecule has 0 aliphatic heterocycles. The van der Waals surface area contributed by atoms with Crippen LogP contribution < -0.4 is 14.7 Å². The van der Waals surface area contributed by atoms with E-state index in [-0.39, 0.29) is 0 Å². The molecular formula is C20H20N3OS+. The van der Waals surface area contributed by atoms with Crippen LogP contribution in [-0.2, 0) is 13.6 Å². The van der Waals surface area contributed by atoms with Crippen LogP contribution in [0.2, 0.25) is 0 Å². The number of ether oxygens (including phenoxy) is 1. The lowest BCUT2D eigenvalue weighted by Gasteiger charge is -2.06. The molecule has 25 heavy (non-hydrogen) atoms. The number of aromatic nitrogens is 2. The summed E-state index contributed by atoms with van der Waals surface area (Å²) in [6.07, 6.45) is 2.11. The minimum atomic E-state index is 0.870. The third kappa shape index (κ3) is 2.70. The van der Waals surface area contributed by atoms with Crippen LogP contribution in [0.25, 0.3) is 21.1 Å². The van der Waals surface area contributed by atoms with Gasteiger partial charge >= 0.3 is 5.13 Å². The third-order valence-electron chi connectivity index (χ3n) is 4.48. The van der Waals surface area contributed by atoms with Gasteiger partial charge in [0.05, 0.1) is 24.4 Å². The number of para-hydroxylation sites is 1. The highest BCUT2D eigenvalue weighted by Crippen LogP contribution is 2.28. The van der Waals surface area contributed by atoms with Crippen molar-refractivity contribution < 1.29 is 9.30 Å². The first-order chi connectivity index (χ1) is 12.2. The predicted molar refractivity (Wildman–Crippen MR) is 102 cm³/mol. The number of methoxy groups -OCH3 is 1. The molecule has 2 heterocycles. The van der Waals surface area contributed by atoms with Crippen LogP contribution in [0.1, 0.15) is 6.92 Å². The fourth-order valence-corrected chi connectivity index (χ4v) is 4.16. The van der Waals surface area contributed by atoms with E-state index in [1.807, 2.05) is 6.07 Å². The first kappa shape index (κ1) is 15.8. The van der Waals surface area contributed by atoms with Crippen molar-refractivity contribution in [1.29, 1.82) is 0 Å². The standard InChI is InChI=1S/C20H20N3OS/c1-4-23-12-11-16(15-7-5-6-8-17(15)23)21-20-22(2)18-10-9-14(24-3)13-19(18)25-20/h5-13H,4H2,1-3H3/q+1. The number of hydrogen-bond donors (Lipinski definition) is 0. The van der Waals surface area contributed by atoms with Crippen molar-refractivity contribution in [3.05, 3.63) is 60.1 Å². The van der Waals surface area contributed by atoms with Gasteiger partial charge < -0.3 is 9.30 Å². The molecule has 0 N–H and O–H groups in total. The van der Waals surface area contributed by atoms with Crippen molar-refractivity contribution in [3.63, 3.8) is 0 Å². The van der Waals surface area contributed by atoms with Gasteiger partial charge in [-0.15, -0.1) is 0 Å². The lowest BCUT2D eigenvalue weighted by molar-refractivity contribution is -0.627. The molecule has 0 spiro atoms. The molecule has 0 unspecified atom stereocenters. The van der Waals surface area contributed by atoms with Crippen molar-refractivity contribution in [2.75, 3.05) is 7.11 Å². The van der Waals surface area contributed by atoms with Crippen molar-refractivity contribution in [1.82, 2.24) is 4.57 Å². The van der Waals surface area contributed by atoms with Gasteiger partial charge in [0.1, 0.15) is 11.3 Å². The minimum absolute atomic E-state index is 0.870. The molecule has 4 nitrogen and oxygen atoms in total. The van der Waals surface area contributed by atoms with Crippen molar-refractivity contribution >= 4 is 37.6 Å². The second-order valence-corrected chi connectivity index (χ2v) is 6.90. The van der Waals surface area contributed by atoms with Gasteiger partial charge in [0.15, 0.2) is 5.36 Å². The van der Waals surface area contributed by atoms with E-state index in [0.29, 0.717) is 0 Å². The maximum Gasteiger partial charge on any atom is 0.383 e. The molecule has 4 aromatic rings. The Kier molecular flexibility index (Phi) is 4.01. The molecule has 5 heteroatoms. The summed E-state index contributed by atoms with van der Waals surface area (Å²) in [6.45, 7) is 3.10. The van der Waals surface area contributed by atoms with E-state index in [4.69, 9.17) is 9.73 Å². The number of aryl methyl sites for hydroxylation is 2. The van der Waals surface area contributed by atoms with Crippen LogP contribution >= 0.6 is 11.3 Å². The minimum Gasteiger partial charge on any atom is -0.497 e. The number of benzene rings is 2. The maximum absolute atomic E-state index is 5.34. The van der Waals surface area contributed by atoms with E-state index in [2.05, 4.69) is 71.8 Å². The Balaban J connectivity index is 1.96. The molecule has 2 aromatic carbocycles. The number of nitrogens with zero attached hydrogens (tertiary/aromatic N) is 3. The molecule has 0 atom stereocenters. The SMILES string of the molecule is CCn1cc/c(=N\c2sc3cc(OC)ccc3[n+]2C)c2ccccc21. The normalized spacial score (nSPS) is 12.2. The Bertz CT molecular complexity index is 1140. The lowest BCUT2D eigenvalue weighted by atomic mass is 10.2. The Morgan fingerprint density at radius 2 is 2.00 bits per heavy atom. The fraction of sp³-hybridized carbons (Fsp3) is 0.200. The summed E-state index contributed by atoms with van der Waals surface area (Å²) in [5, 5.41) is 3.14. The molecule has 0 bridgehead atoms. The van der Waals surface area contributed by atoms with Gasteiger partial charge in [-0.3, -0.25) is 0 Å². The van der Waals surface area contributed by atoms with Gasteiger partial charge in [-0.25, -0.2) is 4.57 Å². The monoisotopic (exact) mass is 350 g/mol. The summed E-state index contributed by atoms with van der Waals surface area (Å²) in [5.74, 6) is 0.870. The van der Waals surface area contributed by atoms with Crippen LogP contribution in [0.3, 0.4) is 0 Å². The van der Waals surface area contributed by atoms with Crippen LogP contribution in [0.15, 0.2) is 59.7 Å². The smallest absolute Gasteiger partial charge is 0.383 e. The summed E-state index contributed by atoms with van der Waals surface area (Å²) in [5.41, 5.74) is 2.37. The average Bonchev–Trinajstić information content (AvgIpc) is 2.97. The zero-order valence-electron chi connectivity index (χ0n) is 14.6. The van der Waals surface area contributed by atoms with Crippen molar-refractivity contribution in [2.24, 2.45) is 12.0 Å².